The van der Waals surface area contributed by atoms with Crippen molar-refractivity contribution in [1.29, 1.82) is 0 Å². The van der Waals surface area contributed by atoms with E-state index in [1.54, 1.807) is 0 Å². The third-order valence-corrected chi connectivity index (χ3v) is 1.70. The monoisotopic (exact) mass is 153 g/mol. The van der Waals surface area contributed by atoms with Crippen molar-refractivity contribution in [1.82, 2.24) is 5.16 Å². The SMILES string of the molecule is O=Cc1noc2c1CCCO2. The van der Waals surface area contributed by atoms with Crippen LogP contribution in [0.25, 0.3) is 0 Å². The largest absolute Gasteiger partial charge is 0.464 e. The Labute approximate surface area is 63.1 Å². The van der Waals surface area contributed by atoms with Crippen molar-refractivity contribution in [2.24, 2.45) is 0 Å². The van der Waals surface area contributed by atoms with E-state index in [1.165, 1.54) is 0 Å². The maximum atomic E-state index is 10.4. The van der Waals surface area contributed by atoms with E-state index in [-0.39, 0.29) is 0 Å². The highest BCUT2D eigenvalue weighted by molar-refractivity contribution is 5.74. The maximum absolute atomic E-state index is 10.4. The second-order valence-corrected chi connectivity index (χ2v) is 2.40. The molecule has 1 aromatic rings. The zero-order valence-corrected chi connectivity index (χ0v) is 5.87. The second-order valence-electron chi connectivity index (χ2n) is 2.40. The fraction of sp³-hybridized carbons (Fsp3) is 0.429. The number of hydrogen-bond donors (Lipinski definition) is 0. The Morgan fingerprint density at radius 3 is 3.27 bits per heavy atom. The Kier molecular flexibility index (Phi) is 1.38. The van der Waals surface area contributed by atoms with Gasteiger partial charge in [-0.3, -0.25) is 4.79 Å². The number of rotatable bonds is 1. The molecule has 0 amide bonds. The van der Waals surface area contributed by atoms with Gasteiger partial charge in [-0.15, -0.1) is 0 Å². The van der Waals surface area contributed by atoms with Gasteiger partial charge in [0.1, 0.15) is 0 Å². The van der Waals surface area contributed by atoms with Crippen molar-refractivity contribution in [2.75, 3.05) is 6.61 Å². The van der Waals surface area contributed by atoms with Crippen LogP contribution in [0.4, 0.5) is 0 Å². The average molecular weight is 153 g/mol. The molecule has 58 valence electrons. The highest BCUT2D eigenvalue weighted by atomic mass is 16.6. The third kappa shape index (κ3) is 0.906. The molecule has 1 aliphatic rings. The smallest absolute Gasteiger partial charge is 0.315 e. The molecule has 2 rings (SSSR count). The molecule has 1 aromatic heterocycles. The fourth-order valence-corrected chi connectivity index (χ4v) is 1.16. The summed E-state index contributed by atoms with van der Waals surface area (Å²) in [7, 11) is 0. The number of ether oxygens (including phenoxy) is 1. The topological polar surface area (TPSA) is 52.3 Å². The Morgan fingerprint density at radius 1 is 1.55 bits per heavy atom. The standard InChI is InChI=1S/C7H7NO3/c9-4-6-5-2-1-3-10-7(5)11-8-6/h4H,1-3H2. The van der Waals surface area contributed by atoms with E-state index >= 15 is 0 Å². The number of fused-ring (bicyclic) bond motifs is 1. The van der Waals surface area contributed by atoms with E-state index in [0.29, 0.717) is 24.5 Å². The number of hydrogen-bond acceptors (Lipinski definition) is 4. The summed E-state index contributed by atoms with van der Waals surface area (Å²) in [5.74, 6) is 0.415. The van der Waals surface area contributed by atoms with Crippen molar-refractivity contribution in [3.8, 4) is 5.95 Å². The Morgan fingerprint density at radius 2 is 2.45 bits per heavy atom. The van der Waals surface area contributed by atoms with Crippen LogP contribution in [-0.2, 0) is 6.42 Å². The van der Waals surface area contributed by atoms with Gasteiger partial charge >= 0.3 is 5.95 Å². The van der Waals surface area contributed by atoms with Crippen LogP contribution >= 0.6 is 0 Å². The molecule has 2 heterocycles. The van der Waals surface area contributed by atoms with Crippen molar-refractivity contribution in [2.45, 2.75) is 12.8 Å². The molecule has 0 saturated carbocycles. The summed E-state index contributed by atoms with van der Waals surface area (Å²) in [5.41, 5.74) is 1.19. The van der Waals surface area contributed by atoms with Crippen molar-refractivity contribution in [3.63, 3.8) is 0 Å². The molecule has 4 heteroatoms. The zero-order valence-electron chi connectivity index (χ0n) is 5.87. The van der Waals surface area contributed by atoms with E-state index in [9.17, 15) is 4.79 Å². The summed E-state index contributed by atoms with van der Waals surface area (Å²) in [6.07, 6.45) is 2.44. The van der Waals surface area contributed by atoms with Gasteiger partial charge in [0, 0.05) is 0 Å². The molecule has 0 aliphatic carbocycles. The minimum absolute atomic E-state index is 0.375. The highest BCUT2D eigenvalue weighted by Gasteiger charge is 2.19. The normalized spacial score (nSPS) is 15.3. The van der Waals surface area contributed by atoms with Crippen LogP contribution in [-0.4, -0.2) is 18.0 Å². The minimum atomic E-state index is 0.375. The van der Waals surface area contributed by atoms with Crippen molar-refractivity contribution < 1.29 is 14.1 Å². The summed E-state index contributed by atoms with van der Waals surface area (Å²) in [6.45, 7) is 0.653. The number of carbonyl (C=O) groups excluding carboxylic acids is 1. The van der Waals surface area contributed by atoms with Gasteiger partial charge in [-0.05, 0) is 12.8 Å². The van der Waals surface area contributed by atoms with Crippen LogP contribution < -0.4 is 4.74 Å². The fourth-order valence-electron chi connectivity index (χ4n) is 1.16. The van der Waals surface area contributed by atoms with Crippen molar-refractivity contribution in [3.05, 3.63) is 11.3 Å². The van der Waals surface area contributed by atoms with E-state index in [2.05, 4.69) is 5.16 Å². The number of aldehydes is 1. The molecule has 1 aliphatic heterocycles. The summed E-state index contributed by atoms with van der Waals surface area (Å²) in [5, 5.41) is 3.55. The van der Waals surface area contributed by atoms with Gasteiger partial charge < -0.3 is 9.26 Å². The van der Waals surface area contributed by atoms with Gasteiger partial charge in [0.05, 0.1) is 12.2 Å². The molecule has 11 heavy (non-hydrogen) atoms. The molecule has 0 aromatic carbocycles. The maximum Gasteiger partial charge on any atom is 0.315 e. The van der Waals surface area contributed by atoms with E-state index in [0.717, 1.165) is 18.4 Å². The van der Waals surface area contributed by atoms with Crippen LogP contribution in [0.5, 0.6) is 5.95 Å². The van der Waals surface area contributed by atoms with Crippen LogP contribution in [0.2, 0.25) is 0 Å². The second kappa shape index (κ2) is 2.38. The van der Waals surface area contributed by atoms with Gasteiger partial charge in [0.2, 0.25) is 0 Å². The van der Waals surface area contributed by atoms with Crippen LogP contribution in [0, 0.1) is 0 Å². The zero-order chi connectivity index (χ0) is 7.68. The summed E-state index contributed by atoms with van der Waals surface area (Å²) >= 11 is 0. The van der Waals surface area contributed by atoms with Gasteiger partial charge in [-0.1, -0.05) is 5.16 Å². The molecular formula is C7H7NO3. The average Bonchev–Trinajstić information content (AvgIpc) is 2.47. The van der Waals surface area contributed by atoms with Gasteiger partial charge in [0.25, 0.3) is 0 Å². The predicted molar refractivity (Wildman–Crippen MR) is 35.7 cm³/mol. The molecule has 0 N–H and O–H groups in total. The quantitative estimate of drug-likeness (QED) is 0.560. The Balaban J connectivity index is 2.45. The first-order valence-corrected chi connectivity index (χ1v) is 3.48. The van der Waals surface area contributed by atoms with Gasteiger partial charge in [-0.25, -0.2) is 0 Å². The summed E-state index contributed by atoms with van der Waals surface area (Å²) < 4.78 is 9.89. The van der Waals surface area contributed by atoms with Crippen LogP contribution in [0.15, 0.2) is 4.52 Å². The van der Waals surface area contributed by atoms with E-state index < -0.39 is 0 Å². The minimum Gasteiger partial charge on any atom is -0.464 e. The summed E-state index contributed by atoms with van der Waals surface area (Å²) in [4.78, 5) is 10.4. The number of nitrogens with zero attached hydrogens (tertiary/aromatic N) is 1. The lowest BCUT2D eigenvalue weighted by Gasteiger charge is -2.08. The van der Waals surface area contributed by atoms with E-state index in [1.807, 2.05) is 0 Å². The Bertz CT molecular complexity index is 279. The Hall–Kier alpha value is -1.32. The number of carbonyl (C=O) groups is 1. The lowest BCUT2D eigenvalue weighted by Crippen LogP contribution is -2.07. The molecule has 0 fully saturated rings. The lowest BCUT2D eigenvalue weighted by molar-refractivity contribution is 0.111. The lowest BCUT2D eigenvalue weighted by atomic mass is 10.1. The van der Waals surface area contributed by atoms with Crippen molar-refractivity contribution >= 4 is 6.29 Å². The number of aromatic nitrogens is 1. The molecular weight excluding hydrogens is 146 g/mol. The predicted octanol–water partition coefficient (Wildman–Crippen LogP) is 0.812. The molecule has 0 atom stereocenters. The van der Waals surface area contributed by atoms with E-state index in [4.69, 9.17) is 9.26 Å². The highest BCUT2D eigenvalue weighted by Crippen LogP contribution is 2.26. The summed E-state index contributed by atoms with van der Waals surface area (Å²) in [6, 6.07) is 0. The van der Waals surface area contributed by atoms with Crippen LogP contribution in [0.1, 0.15) is 22.5 Å². The van der Waals surface area contributed by atoms with Crippen LogP contribution in [0.3, 0.4) is 0 Å². The third-order valence-electron chi connectivity index (χ3n) is 1.70. The molecule has 0 spiro atoms. The first-order valence-electron chi connectivity index (χ1n) is 3.48. The molecule has 4 nitrogen and oxygen atoms in total. The molecule has 0 bridgehead atoms. The first kappa shape index (κ1) is 6.39. The molecule has 0 saturated heterocycles. The molecule has 0 radical (unpaired) electrons. The van der Waals surface area contributed by atoms with Gasteiger partial charge in [0.15, 0.2) is 12.0 Å². The first-order chi connectivity index (χ1) is 5.42. The van der Waals surface area contributed by atoms with Gasteiger partial charge in [-0.2, -0.15) is 0 Å². The molecule has 0 unspecified atom stereocenters.